The topological polar surface area (TPSA) is 42.2 Å². The zero-order valence-corrected chi connectivity index (χ0v) is 15.1. The lowest BCUT2D eigenvalue weighted by Gasteiger charge is -2.11. The highest BCUT2D eigenvalue weighted by Crippen LogP contribution is 2.27. The molecule has 128 valence electrons. The molecule has 1 amide bonds. The molecular weight excluding hydrogens is 324 g/mol. The second kappa shape index (κ2) is 8.69. The van der Waals surface area contributed by atoms with E-state index in [1.165, 1.54) is 5.56 Å². The van der Waals surface area contributed by atoms with Gasteiger partial charge < -0.3 is 10.1 Å². The van der Waals surface area contributed by atoms with Gasteiger partial charge >= 0.3 is 0 Å². The molecule has 1 heterocycles. The summed E-state index contributed by atoms with van der Waals surface area (Å²) < 4.78 is 6.97. The third kappa shape index (κ3) is 4.71. The Morgan fingerprint density at radius 2 is 1.88 bits per heavy atom. The van der Waals surface area contributed by atoms with E-state index in [4.69, 9.17) is 16.3 Å². The van der Waals surface area contributed by atoms with Crippen LogP contribution in [-0.2, 0) is 11.3 Å². The van der Waals surface area contributed by atoms with Crippen LogP contribution in [0.3, 0.4) is 0 Å². The first kappa shape index (κ1) is 18.3. The maximum atomic E-state index is 12.2. The van der Waals surface area contributed by atoms with Gasteiger partial charge in [0.05, 0.1) is 12.1 Å². The van der Waals surface area contributed by atoms with Crippen LogP contribution in [0.4, 0.5) is 5.69 Å². The summed E-state index contributed by atoms with van der Waals surface area (Å²) in [6, 6.07) is 9.36. The number of methoxy groups -OCH3 is 1. The first-order valence-electron chi connectivity index (χ1n) is 8.19. The Morgan fingerprint density at radius 1 is 1.21 bits per heavy atom. The monoisotopic (exact) mass is 347 g/mol. The Kier molecular flexibility index (Phi) is 6.62. The number of aromatic nitrogens is 1. The predicted molar refractivity (Wildman–Crippen MR) is 96.6 cm³/mol. The minimum atomic E-state index is -0.100. The Hall–Kier alpha value is -2.07. The van der Waals surface area contributed by atoms with E-state index in [-0.39, 0.29) is 12.5 Å². The molecule has 0 saturated carbocycles. The zero-order valence-electron chi connectivity index (χ0n) is 14.4. The van der Waals surface area contributed by atoms with Gasteiger partial charge in [-0.3, -0.25) is 4.79 Å². The lowest BCUT2D eigenvalue weighted by Crippen LogP contribution is -2.39. The van der Waals surface area contributed by atoms with E-state index in [0.29, 0.717) is 22.4 Å². The molecule has 0 saturated heterocycles. The summed E-state index contributed by atoms with van der Waals surface area (Å²) in [4.78, 5) is 12.2. The van der Waals surface area contributed by atoms with E-state index in [2.05, 4.69) is 31.3 Å². The van der Waals surface area contributed by atoms with Crippen molar-refractivity contribution in [2.75, 3.05) is 12.4 Å². The van der Waals surface area contributed by atoms with Crippen LogP contribution >= 0.6 is 11.6 Å². The van der Waals surface area contributed by atoms with E-state index in [1.54, 1.807) is 25.3 Å². The molecular formula is C19H24ClN2O2+. The van der Waals surface area contributed by atoms with Crippen LogP contribution in [0, 0.1) is 0 Å². The van der Waals surface area contributed by atoms with Gasteiger partial charge in [0.25, 0.3) is 5.91 Å². The number of pyridine rings is 1. The fraction of sp³-hybridized carbons (Fsp3) is 0.368. The summed E-state index contributed by atoms with van der Waals surface area (Å²) in [5.41, 5.74) is 1.97. The third-order valence-corrected chi connectivity index (χ3v) is 4.43. The minimum Gasteiger partial charge on any atom is -0.495 e. The SMILES string of the molecule is CCC(CC)c1cc[n+](CC(=O)Nc2ccc(OC)c(Cl)c2)cc1. The van der Waals surface area contributed by atoms with Crippen molar-refractivity contribution >= 4 is 23.2 Å². The highest BCUT2D eigenvalue weighted by molar-refractivity contribution is 6.32. The average Bonchev–Trinajstić information content (AvgIpc) is 2.57. The molecule has 0 spiro atoms. The van der Waals surface area contributed by atoms with Crippen LogP contribution in [0.25, 0.3) is 0 Å². The predicted octanol–water partition coefficient (Wildman–Crippen LogP) is 4.18. The number of hydrogen-bond acceptors (Lipinski definition) is 2. The van der Waals surface area contributed by atoms with Gasteiger partial charge in [-0.25, -0.2) is 0 Å². The van der Waals surface area contributed by atoms with Crippen molar-refractivity contribution in [3.05, 3.63) is 53.3 Å². The maximum absolute atomic E-state index is 12.2. The molecule has 0 fully saturated rings. The summed E-state index contributed by atoms with van der Waals surface area (Å²) in [5, 5.41) is 3.31. The van der Waals surface area contributed by atoms with Crippen LogP contribution in [0.2, 0.25) is 5.02 Å². The number of rotatable bonds is 7. The van der Waals surface area contributed by atoms with Gasteiger partial charge in [0, 0.05) is 17.8 Å². The molecule has 0 radical (unpaired) electrons. The molecule has 0 aliphatic carbocycles. The molecule has 2 rings (SSSR count). The van der Waals surface area contributed by atoms with Gasteiger partial charge in [-0.15, -0.1) is 0 Å². The van der Waals surface area contributed by atoms with Crippen molar-refractivity contribution in [3.63, 3.8) is 0 Å². The number of amides is 1. The second-order valence-electron chi connectivity index (χ2n) is 5.71. The molecule has 4 nitrogen and oxygen atoms in total. The van der Waals surface area contributed by atoms with E-state index in [9.17, 15) is 4.79 Å². The molecule has 0 aliphatic rings. The minimum absolute atomic E-state index is 0.100. The molecule has 2 aromatic rings. The molecule has 1 N–H and O–H groups in total. The molecule has 5 heteroatoms. The molecule has 1 aromatic heterocycles. The summed E-state index contributed by atoms with van der Waals surface area (Å²) in [6.07, 6.45) is 6.15. The maximum Gasteiger partial charge on any atom is 0.290 e. The van der Waals surface area contributed by atoms with Crippen molar-refractivity contribution < 1.29 is 14.1 Å². The lowest BCUT2D eigenvalue weighted by atomic mass is 9.95. The van der Waals surface area contributed by atoms with Gasteiger partial charge in [-0.2, -0.15) is 4.57 Å². The number of ether oxygens (including phenoxy) is 1. The smallest absolute Gasteiger partial charge is 0.290 e. The molecule has 1 aromatic carbocycles. The first-order valence-corrected chi connectivity index (χ1v) is 8.57. The summed E-state index contributed by atoms with van der Waals surface area (Å²) in [7, 11) is 1.56. The molecule has 0 atom stereocenters. The fourth-order valence-electron chi connectivity index (χ4n) is 2.72. The van der Waals surface area contributed by atoms with Gasteiger partial charge in [0.2, 0.25) is 6.54 Å². The van der Waals surface area contributed by atoms with E-state index in [1.807, 2.05) is 17.0 Å². The van der Waals surface area contributed by atoms with Gasteiger partial charge in [0.15, 0.2) is 12.4 Å². The van der Waals surface area contributed by atoms with Crippen LogP contribution in [-0.4, -0.2) is 13.0 Å². The van der Waals surface area contributed by atoms with Gasteiger partial charge in [-0.05, 0) is 42.5 Å². The van der Waals surface area contributed by atoms with Crippen molar-refractivity contribution in [1.29, 1.82) is 0 Å². The second-order valence-corrected chi connectivity index (χ2v) is 6.12. The van der Waals surface area contributed by atoms with Gasteiger partial charge in [-0.1, -0.05) is 25.4 Å². The van der Waals surface area contributed by atoms with Crippen molar-refractivity contribution in [2.24, 2.45) is 0 Å². The average molecular weight is 348 g/mol. The first-order chi connectivity index (χ1) is 11.6. The Balaban J connectivity index is 1.98. The van der Waals surface area contributed by atoms with Crippen LogP contribution in [0.5, 0.6) is 5.75 Å². The number of carbonyl (C=O) groups excluding carboxylic acids is 1. The summed E-state index contributed by atoms with van der Waals surface area (Å²) in [6.45, 7) is 4.65. The van der Waals surface area contributed by atoms with E-state index in [0.717, 1.165) is 12.8 Å². The highest BCUT2D eigenvalue weighted by Gasteiger charge is 2.13. The largest absolute Gasteiger partial charge is 0.495 e. The van der Waals surface area contributed by atoms with Crippen molar-refractivity contribution in [2.45, 2.75) is 39.2 Å². The Bertz CT molecular complexity index is 682. The van der Waals surface area contributed by atoms with Crippen molar-refractivity contribution in [1.82, 2.24) is 0 Å². The highest BCUT2D eigenvalue weighted by atomic mass is 35.5. The third-order valence-electron chi connectivity index (χ3n) is 4.14. The number of anilines is 1. The Labute approximate surface area is 148 Å². The van der Waals surface area contributed by atoms with Crippen LogP contribution in [0.15, 0.2) is 42.7 Å². The molecule has 0 bridgehead atoms. The van der Waals surface area contributed by atoms with Crippen molar-refractivity contribution in [3.8, 4) is 5.75 Å². The summed E-state index contributed by atoms with van der Waals surface area (Å²) >= 11 is 6.07. The number of nitrogens with one attached hydrogen (secondary N) is 1. The summed E-state index contributed by atoms with van der Waals surface area (Å²) in [5.74, 6) is 1.06. The number of halogens is 1. The molecule has 24 heavy (non-hydrogen) atoms. The number of hydrogen-bond donors (Lipinski definition) is 1. The number of carbonyl (C=O) groups is 1. The molecule has 0 unspecified atom stereocenters. The van der Waals surface area contributed by atoms with E-state index >= 15 is 0 Å². The van der Waals surface area contributed by atoms with E-state index < -0.39 is 0 Å². The quantitative estimate of drug-likeness (QED) is 0.763. The fourth-order valence-corrected chi connectivity index (χ4v) is 2.97. The number of nitrogens with zero attached hydrogens (tertiary/aromatic N) is 1. The normalized spacial score (nSPS) is 10.7. The van der Waals surface area contributed by atoms with Gasteiger partial charge in [0.1, 0.15) is 5.75 Å². The molecule has 0 aliphatic heterocycles. The zero-order chi connectivity index (χ0) is 17.5. The lowest BCUT2D eigenvalue weighted by molar-refractivity contribution is -0.684. The van der Waals surface area contributed by atoms with Crippen LogP contribution < -0.4 is 14.6 Å². The standard InChI is InChI=1S/C19H23ClN2O2/c1-4-14(5-2)15-8-10-22(11-9-15)13-19(23)21-16-6-7-18(24-3)17(20)12-16/h6-12,14H,4-5,13H2,1-3H3/p+1. The Morgan fingerprint density at radius 3 is 2.42 bits per heavy atom. The number of benzene rings is 1. The van der Waals surface area contributed by atoms with Crippen LogP contribution in [0.1, 0.15) is 38.2 Å².